The van der Waals surface area contributed by atoms with Crippen LogP contribution in [0.25, 0.3) is 11.4 Å². The molecule has 2 aromatic heterocycles. The summed E-state index contributed by atoms with van der Waals surface area (Å²) in [6.07, 6.45) is -2.15. The van der Waals surface area contributed by atoms with Crippen LogP contribution in [-0.2, 0) is 16.2 Å². The Kier molecular flexibility index (Phi) is 5.15. The molecule has 1 aliphatic rings. The maximum atomic E-state index is 12.7. The highest BCUT2D eigenvalue weighted by Gasteiger charge is 2.38. The highest BCUT2D eigenvalue weighted by Crippen LogP contribution is 2.29. The third-order valence-electron chi connectivity index (χ3n) is 4.47. The summed E-state index contributed by atoms with van der Waals surface area (Å²) < 4.78 is 68.6. The quantitative estimate of drug-likeness (QED) is 0.607. The number of nitrogens with zero attached hydrogens (tertiary/aromatic N) is 6. The molecule has 4 rings (SSSR count). The van der Waals surface area contributed by atoms with Gasteiger partial charge in [0, 0.05) is 38.6 Å². The summed E-state index contributed by atoms with van der Waals surface area (Å²) in [7, 11) is -3.57. The van der Waals surface area contributed by atoms with Crippen LogP contribution < -0.4 is 4.90 Å². The number of sulfonamides is 1. The highest BCUT2D eigenvalue weighted by molar-refractivity contribution is 7.89. The molecule has 1 fully saturated rings. The summed E-state index contributed by atoms with van der Waals surface area (Å²) in [5.74, 6) is -1.39. The van der Waals surface area contributed by atoms with Gasteiger partial charge in [0.25, 0.3) is 0 Å². The summed E-state index contributed by atoms with van der Waals surface area (Å²) in [4.78, 5) is 13.6. The van der Waals surface area contributed by atoms with Crippen LogP contribution in [0.5, 0.6) is 0 Å². The lowest BCUT2D eigenvalue weighted by Crippen LogP contribution is -2.49. The van der Waals surface area contributed by atoms with Crippen LogP contribution in [0.3, 0.4) is 0 Å². The molecule has 0 spiro atoms. The lowest BCUT2D eigenvalue weighted by Gasteiger charge is -2.33. The molecule has 1 aromatic carbocycles. The Morgan fingerprint density at radius 3 is 2.17 bits per heavy atom. The standard InChI is InChI=1S/C17H15F3N6O3S/c18-17(19,20)15-23-14(24-29-15)12-10-21-16(22-11-12)25-6-8-26(9-7-25)30(27,28)13-4-2-1-3-5-13/h1-5,10-11H,6-9H2. The van der Waals surface area contributed by atoms with Crippen molar-refractivity contribution in [2.75, 3.05) is 31.1 Å². The number of benzene rings is 1. The fourth-order valence-electron chi connectivity index (χ4n) is 2.93. The first-order chi connectivity index (χ1) is 14.2. The largest absolute Gasteiger partial charge is 0.471 e. The van der Waals surface area contributed by atoms with Crippen LogP contribution in [0.1, 0.15) is 5.89 Å². The van der Waals surface area contributed by atoms with Gasteiger partial charge in [-0.15, -0.1) is 0 Å². The van der Waals surface area contributed by atoms with Crippen molar-refractivity contribution >= 4 is 16.0 Å². The second-order valence-corrected chi connectivity index (χ2v) is 8.33. The Hall–Kier alpha value is -3.06. The van der Waals surface area contributed by atoms with Gasteiger partial charge in [0.2, 0.25) is 21.8 Å². The Labute approximate surface area is 169 Å². The lowest BCUT2D eigenvalue weighted by molar-refractivity contribution is -0.159. The number of rotatable bonds is 4. The molecule has 0 amide bonds. The number of halogens is 3. The Morgan fingerprint density at radius 1 is 0.967 bits per heavy atom. The second-order valence-electron chi connectivity index (χ2n) is 6.40. The van der Waals surface area contributed by atoms with E-state index < -0.39 is 22.1 Å². The average Bonchev–Trinajstić information content (AvgIpc) is 3.26. The van der Waals surface area contributed by atoms with E-state index in [0.29, 0.717) is 19.0 Å². The number of hydrogen-bond donors (Lipinski definition) is 0. The van der Waals surface area contributed by atoms with Gasteiger partial charge in [0.05, 0.1) is 10.5 Å². The van der Waals surface area contributed by atoms with Crippen molar-refractivity contribution < 1.29 is 26.1 Å². The van der Waals surface area contributed by atoms with Crippen LogP contribution in [0, 0.1) is 0 Å². The molecule has 0 aliphatic carbocycles. The summed E-state index contributed by atoms with van der Waals surface area (Å²) in [5.41, 5.74) is 0.170. The molecule has 1 aliphatic heterocycles. The summed E-state index contributed by atoms with van der Waals surface area (Å²) in [6, 6.07) is 8.17. The van der Waals surface area contributed by atoms with E-state index in [1.165, 1.54) is 16.7 Å². The minimum atomic E-state index is -4.73. The van der Waals surface area contributed by atoms with Gasteiger partial charge in [-0.2, -0.15) is 22.5 Å². The van der Waals surface area contributed by atoms with E-state index in [2.05, 4.69) is 24.6 Å². The van der Waals surface area contributed by atoms with E-state index in [9.17, 15) is 21.6 Å². The molecule has 0 N–H and O–H groups in total. The maximum absolute atomic E-state index is 12.7. The molecule has 158 valence electrons. The number of anilines is 1. The van der Waals surface area contributed by atoms with Gasteiger partial charge in [-0.1, -0.05) is 23.4 Å². The average molecular weight is 440 g/mol. The van der Waals surface area contributed by atoms with E-state index in [1.54, 1.807) is 35.2 Å². The smallest absolute Gasteiger partial charge is 0.338 e. The van der Waals surface area contributed by atoms with Gasteiger partial charge in [0.15, 0.2) is 0 Å². The Bertz CT molecular complexity index is 1110. The van der Waals surface area contributed by atoms with Crippen LogP contribution in [0.15, 0.2) is 52.1 Å². The van der Waals surface area contributed by atoms with Crippen molar-refractivity contribution in [3.8, 4) is 11.4 Å². The van der Waals surface area contributed by atoms with Crippen molar-refractivity contribution in [1.82, 2.24) is 24.4 Å². The minimum absolute atomic E-state index is 0.170. The second kappa shape index (κ2) is 7.65. The predicted octanol–water partition coefficient (Wildman–Crippen LogP) is 2.06. The summed E-state index contributed by atoms with van der Waals surface area (Å²) in [5, 5.41) is 3.29. The summed E-state index contributed by atoms with van der Waals surface area (Å²) in [6.45, 7) is 1.24. The van der Waals surface area contributed by atoms with Gasteiger partial charge in [-0.05, 0) is 12.1 Å². The molecule has 30 heavy (non-hydrogen) atoms. The van der Waals surface area contributed by atoms with E-state index in [-0.39, 0.29) is 29.4 Å². The molecular formula is C17H15F3N6O3S. The van der Waals surface area contributed by atoms with Crippen LogP contribution in [-0.4, -0.2) is 59.0 Å². The first kappa shape index (κ1) is 20.2. The molecule has 0 saturated carbocycles. The number of aromatic nitrogens is 4. The van der Waals surface area contributed by atoms with Crippen molar-refractivity contribution in [3.63, 3.8) is 0 Å². The van der Waals surface area contributed by atoms with E-state index >= 15 is 0 Å². The summed E-state index contributed by atoms with van der Waals surface area (Å²) >= 11 is 0. The molecule has 13 heteroatoms. The van der Waals surface area contributed by atoms with E-state index in [1.807, 2.05) is 0 Å². The predicted molar refractivity (Wildman–Crippen MR) is 97.7 cm³/mol. The monoisotopic (exact) mass is 440 g/mol. The van der Waals surface area contributed by atoms with Crippen LogP contribution >= 0.6 is 0 Å². The van der Waals surface area contributed by atoms with Crippen molar-refractivity contribution in [3.05, 3.63) is 48.6 Å². The number of piperazine rings is 1. The van der Waals surface area contributed by atoms with Crippen molar-refractivity contribution in [2.24, 2.45) is 0 Å². The zero-order valence-corrected chi connectivity index (χ0v) is 16.1. The van der Waals surface area contributed by atoms with Gasteiger partial charge in [-0.25, -0.2) is 18.4 Å². The first-order valence-electron chi connectivity index (χ1n) is 8.78. The molecule has 0 unspecified atom stereocenters. The van der Waals surface area contributed by atoms with E-state index in [0.717, 1.165) is 0 Å². The molecule has 0 atom stereocenters. The number of hydrogen-bond acceptors (Lipinski definition) is 8. The lowest BCUT2D eigenvalue weighted by atomic mass is 10.3. The fraction of sp³-hybridized carbons (Fsp3) is 0.294. The fourth-order valence-corrected chi connectivity index (χ4v) is 4.37. The SMILES string of the molecule is O=S(=O)(c1ccccc1)N1CCN(c2ncc(-c3noc(C(F)(F)F)n3)cn2)CC1. The van der Waals surface area contributed by atoms with Crippen LogP contribution in [0.4, 0.5) is 19.1 Å². The molecule has 0 bridgehead atoms. The zero-order chi connectivity index (χ0) is 21.4. The molecule has 3 aromatic rings. The Morgan fingerprint density at radius 2 is 1.60 bits per heavy atom. The maximum Gasteiger partial charge on any atom is 0.471 e. The first-order valence-corrected chi connectivity index (χ1v) is 10.2. The molecule has 3 heterocycles. The van der Waals surface area contributed by atoms with Crippen molar-refractivity contribution in [2.45, 2.75) is 11.1 Å². The van der Waals surface area contributed by atoms with Gasteiger partial charge >= 0.3 is 12.1 Å². The minimum Gasteiger partial charge on any atom is -0.338 e. The Balaban J connectivity index is 1.42. The van der Waals surface area contributed by atoms with Crippen molar-refractivity contribution in [1.29, 1.82) is 0 Å². The third-order valence-corrected chi connectivity index (χ3v) is 6.38. The highest BCUT2D eigenvalue weighted by atomic mass is 32.2. The normalized spacial score (nSPS) is 16.0. The van der Waals surface area contributed by atoms with E-state index in [4.69, 9.17) is 0 Å². The van der Waals surface area contributed by atoms with Crippen LogP contribution in [0.2, 0.25) is 0 Å². The van der Waals surface area contributed by atoms with Gasteiger partial charge < -0.3 is 9.42 Å². The molecule has 1 saturated heterocycles. The zero-order valence-electron chi connectivity index (χ0n) is 15.3. The van der Waals surface area contributed by atoms with Gasteiger partial charge in [0.1, 0.15) is 0 Å². The topological polar surface area (TPSA) is 105 Å². The molecular weight excluding hydrogens is 425 g/mol. The third kappa shape index (κ3) is 3.98. The molecule has 9 nitrogen and oxygen atoms in total. The molecule has 0 radical (unpaired) electrons. The number of alkyl halides is 3. The van der Waals surface area contributed by atoms with Gasteiger partial charge in [-0.3, -0.25) is 0 Å².